The van der Waals surface area contributed by atoms with Gasteiger partial charge in [0.1, 0.15) is 36.1 Å². The molecule has 0 aromatic carbocycles. The van der Waals surface area contributed by atoms with E-state index in [9.17, 15) is 10.2 Å². The molecule has 9 heteroatoms. The summed E-state index contributed by atoms with van der Waals surface area (Å²) < 4.78 is 7.75. The van der Waals surface area contributed by atoms with Gasteiger partial charge in [-0.25, -0.2) is 9.97 Å². The second kappa shape index (κ2) is 7.09. The van der Waals surface area contributed by atoms with Gasteiger partial charge in [0.2, 0.25) is 0 Å². The van der Waals surface area contributed by atoms with Crippen LogP contribution in [0.15, 0.2) is 18.6 Å². The van der Waals surface area contributed by atoms with Crippen LogP contribution in [0.2, 0.25) is 0 Å². The van der Waals surface area contributed by atoms with Crippen molar-refractivity contribution in [2.24, 2.45) is 11.7 Å². The fourth-order valence-corrected chi connectivity index (χ4v) is 4.07. The first-order valence-corrected chi connectivity index (χ1v) is 9.09. The Morgan fingerprint density at radius 2 is 2.12 bits per heavy atom. The summed E-state index contributed by atoms with van der Waals surface area (Å²) in [5.41, 5.74) is 12.3. The van der Waals surface area contributed by atoms with Crippen LogP contribution in [0.4, 0.5) is 5.82 Å². The molecule has 0 amide bonds. The third kappa shape index (κ3) is 3.06. The molecule has 9 nitrogen and oxygen atoms in total. The number of nitrogens with zero attached hydrogens (tertiary/aromatic N) is 4. The Kier molecular flexibility index (Phi) is 4.80. The molecule has 4 heterocycles. The van der Waals surface area contributed by atoms with Gasteiger partial charge in [-0.15, -0.1) is 0 Å². The maximum atomic E-state index is 10.5. The average Bonchev–Trinajstić information content (AvgIpc) is 3.19. The van der Waals surface area contributed by atoms with Gasteiger partial charge in [-0.1, -0.05) is 0 Å². The van der Waals surface area contributed by atoms with Gasteiger partial charge in [0, 0.05) is 19.3 Å². The molecular weight excluding hydrogens is 336 g/mol. The standard InChI is InChI=1S/C17H26N6O3/c18-6-10-2-1-4-22(7-10)8-12-13(24)14(25)17(26-12)23-5-3-11-15(19)20-9-21-16(11)23/h3,5,9-10,12-14,17,24-25H,1-2,4,6-8,18H2,(H2,19,20,21)/t10?,12-,13-,14-,17-/m1/s1. The molecular formula is C17H26N6O3. The predicted molar refractivity (Wildman–Crippen MR) is 96.1 cm³/mol. The highest BCUT2D eigenvalue weighted by Gasteiger charge is 2.44. The molecule has 0 aliphatic carbocycles. The number of hydrogen-bond acceptors (Lipinski definition) is 8. The van der Waals surface area contributed by atoms with Crippen LogP contribution in [0, 0.1) is 5.92 Å². The monoisotopic (exact) mass is 362 g/mol. The fraction of sp³-hybridized carbons (Fsp3) is 0.647. The van der Waals surface area contributed by atoms with Gasteiger partial charge in [0.25, 0.3) is 0 Å². The zero-order chi connectivity index (χ0) is 18.3. The minimum absolute atomic E-state index is 0.375. The van der Waals surface area contributed by atoms with Gasteiger partial charge < -0.3 is 35.9 Å². The van der Waals surface area contributed by atoms with E-state index in [-0.39, 0.29) is 0 Å². The van der Waals surface area contributed by atoms with Crippen LogP contribution < -0.4 is 11.5 Å². The van der Waals surface area contributed by atoms with E-state index in [0.29, 0.717) is 35.9 Å². The Bertz CT molecular complexity index is 768. The van der Waals surface area contributed by atoms with Gasteiger partial charge >= 0.3 is 0 Å². The first-order valence-electron chi connectivity index (χ1n) is 9.09. The highest BCUT2D eigenvalue weighted by atomic mass is 16.6. The second-order valence-corrected chi connectivity index (χ2v) is 7.27. The van der Waals surface area contributed by atoms with Crippen LogP contribution >= 0.6 is 0 Å². The molecule has 26 heavy (non-hydrogen) atoms. The number of ether oxygens (including phenoxy) is 1. The van der Waals surface area contributed by atoms with Crippen LogP contribution in [0.5, 0.6) is 0 Å². The Labute approximate surface area is 151 Å². The van der Waals surface area contributed by atoms with Crippen molar-refractivity contribution >= 4 is 16.9 Å². The Morgan fingerprint density at radius 1 is 1.27 bits per heavy atom. The molecule has 4 rings (SSSR count). The van der Waals surface area contributed by atoms with Crippen molar-refractivity contribution in [2.45, 2.75) is 37.4 Å². The molecule has 1 unspecified atom stereocenters. The lowest BCUT2D eigenvalue weighted by Crippen LogP contribution is -2.45. The van der Waals surface area contributed by atoms with E-state index < -0.39 is 24.5 Å². The van der Waals surface area contributed by atoms with Crippen LogP contribution in [-0.2, 0) is 4.74 Å². The number of hydrogen-bond donors (Lipinski definition) is 4. The highest BCUT2D eigenvalue weighted by Crippen LogP contribution is 2.33. The number of nitrogens with two attached hydrogens (primary N) is 2. The van der Waals surface area contributed by atoms with E-state index in [4.69, 9.17) is 16.2 Å². The molecule has 2 saturated heterocycles. The summed E-state index contributed by atoms with van der Waals surface area (Å²) in [7, 11) is 0. The van der Waals surface area contributed by atoms with E-state index in [1.807, 2.05) is 0 Å². The van der Waals surface area contributed by atoms with Crippen molar-refractivity contribution in [1.29, 1.82) is 0 Å². The molecule has 2 aromatic rings. The number of likely N-dealkylation sites (tertiary alicyclic amines) is 1. The molecule has 2 aliphatic rings. The van der Waals surface area contributed by atoms with E-state index in [1.165, 1.54) is 6.33 Å². The van der Waals surface area contributed by atoms with E-state index in [1.54, 1.807) is 16.8 Å². The fourth-order valence-electron chi connectivity index (χ4n) is 4.07. The van der Waals surface area contributed by atoms with Crippen molar-refractivity contribution in [2.75, 3.05) is 31.9 Å². The van der Waals surface area contributed by atoms with Crippen molar-refractivity contribution < 1.29 is 14.9 Å². The van der Waals surface area contributed by atoms with Crippen molar-refractivity contribution in [3.63, 3.8) is 0 Å². The highest BCUT2D eigenvalue weighted by molar-refractivity contribution is 5.86. The number of aliphatic hydroxyl groups excluding tert-OH is 2. The lowest BCUT2D eigenvalue weighted by atomic mass is 9.97. The number of rotatable bonds is 4. The smallest absolute Gasteiger partial charge is 0.164 e. The third-order valence-corrected chi connectivity index (χ3v) is 5.53. The van der Waals surface area contributed by atoms with Gasteiger partial charge in [0.15, 0.2) is 6.23 Å². The van der Waals surface area contributed by atoms with E-state index in [2.05, 4.69) is 14.9 Å². The summed E-state index contributed by atoms with van der Waals surface area (Å²) in [6.45, 7) is 3.11. The summed E-state index contributed by atoms with van der Waals surface area (Å²) in [6, 6.07) is 1.79. The lowest BCUT2D eigenvalue weighted by Gasteiger charge is -2.34. The maximum absolute atomic E-state index is 10.5. The van der Waals surface area contributed by atoms with Crippen molar-refractivity contribution in [1.82, 2.24) is 19.4 Å². The zero-order valence-corrected chi connectivity index (χ0v) is 14.6. The number of piperidine rings is 1. The predicted octanol–water partition coefficient (Wildman–Crippen LogP) is -0.697. The molecule has 2 fully saturated rings. The van der Waals surface area contributed by atoms with Crippen LogP contribution in [0.1, 0.15) is 19.1 Å². The Hall–Kier alpha value is -1.78. The molecule has 2 aliphatic heterocycles. The summed E-state index contributed by atoms with van der Waals surface area (Å²) in [6.07, 6.45) is 2.18. The third-order valence-electron chi connectivity index (χ3n) is 5.53. The molecule has 0 radical (unpaired) electrons. The minimum Gasteiger partial charge on any atom is -0.387 e. The van der Waals surface area contributed by atoms with E-state index in [0.717, 1.165) is 25.9 Å². The Morgan fingerprint density at radius 3 is 2.92 bits per heavy atom. The summed E-state index contributed by atoms with van der Waals surface area (Å²) in [5, 5.41) is 21.8. The van der Waals surface area contributed by atoms with Crippen molar-refractivity contribution in [3.05, 3.63) is 18.6 Å². The summed E-state index contributed by atoms with van der Waals surface area (Å²) in [4.78, 5) is 10.5. The summed E-state index contributed by atoms with van der Waals surface area (Å²) >= 11 is 0. The number of anilines is 1. The number of fused-ring (bicyclic) bond motifs is 1. The molecule has 2 aromatic heterocycles. The van der Waals surface area contributed by atoms with Crippen molar-refractivity contribution in [3.8, 4) is 0 Å². The first kappa shape index (κ1) is 17.6. The number of aromatic nitrogens is 3. The molecule has 5 atom stereocenters. The Balaban J connectivity index is 1.51. The van der Waals surface area contributed by atoms with Gasteiger partial charge in [0.05, 0.1) is 5.39 Å². The lowest BCUT2D eigenvalue weighted by molar-refractivity contribution is -0.0469. The molecule has 142 valence electrons. The number of nitrogen functional groups attached to an aromatic ring is 1. The quantitative estimate of drug-likeness (QED) is 0.561. The molecule has 0 saturated carbocycles. The van der Waals surface area contributed by atoms with Gasteiger partial charge in [-0.2, -0.15) is 0 Å². The van der Waals surface area contributed by atoms with Crippen LogP contribution in [0.25, 0.3) is 11.0 Å². The number of aliphatic hydroxyl groups is 2. The minimum atomic E-state index is -1.04. The average molecular weight is 362 g/mol. The van der Waals surface area contributed by atoms with E-state index >= 15 is 0 Å². The summed E-state index contributed by atoms with van der Waals surface area (Å²) in [5.74, 6) is 0.857. The molecule has 6 N–H and O–H groups in total. The van der Waals surface area contributed by atoms with Gasteiger partial charge in [-0.3, -0.25) is 0 Å². The molecule has 0 spiro atoms. The maximum Gasteiger partial charge on any atom is 0.164 e. The largest absolute Gasteiger partial charge is 0.387 e. The first-order chi connectivity index (χ1) is 12.6. The van der Waals surface area contributed by atoms with Crippen LogP contribution in [0.3, 0.4) is 0 Å². The SMILES string of the molecule is NCC1CCCN(C[C@H]2O[C@@H](n3ccc4c(N)ncnc43)[C@H](O)[C@@H]2O)C1. The second-order valence-electron chi connectivity index (χ2n) is 7.27. The zero-order valence-electron chi connectivity index (χ0n) is 14.6. The van der Waals surface area contributed by atoms with Gasteiger partial charge in [-0.05, 0) is 37.9 Å². The normalized spacial score (nSPS) is 33.1. The molecule has 0 bridgehead atoms. The topological polar surface area (TPSA) is 136 Å². The van der Waals surface area contributed by atoms with Crippen LogP contribution in [-0.4, -0.2) is 74.1 Å².